The first-order valence-corrected chi connectivity index (χ1v) is 6.95. The fraction of sp³-hybridized carbons (Fsp3) is 0.533. The molecular formula is C15H22N2O3. The Bertz CT molecular complexity index is 466. The standard InChI is InChI=1S/C15H22N2O3/c1-10-8-17(9-11(2)20-10)14-7-5-4-6-13(14)16-15(19)12(3)18/h4-7,10-12,18H,8-9H2,1-3H3,(H,16,19). The molecule has 2 N–H and O–H groups in total. The number of hydrogen-bond donors (Lipinski definition) is 2. The van der Waals surface area contributed by atoms with E-state index in [1.165, 1.54) is 6.92 Å². The van der Waals surface area contributed by atoms with E-state index in [0.717, 1.165) is 24.5 Å². The average Bonchev–Trinajstić information content (AvgIpc) is 2.38. The summed E-state index contributed by atoms with van der Waals surface area (Å²) in [6, 6.07) is 7.63. The van der Waals surface area contributed by atoms with E-state index in [9.17, 15) is 9.90 Å². The number of nitrogens with zero attached hydrogens (tertiary/aromatic N) is 1. The Labute approximate surface area is 119 Å². The zero-order chi connectivity index (χ0) is 14.7. The summed E-state index contributed by atoms with van der Waals surface area (Å²) >= 11 is 0. The van der Waals surface area contributed by atoms with Gasteiger partial charge in [0.1, 0.15) is 6.10 Å². The van der Waals surface area contributed by atoms with Gasteiger partial charge in [-0.25, -0.2) is 0 Å². The molecule has 1 aromatic rings. The molecule has 1 aromatic carbocycles. The summed E-state index contributed by atoms with van der Waals surface area (Å²) in [6.45, 7) is 7.11. The Morgan fingerprint density at radius 1 is 1.35 bits per heavy atom. The second-order valence-corrected chi connectivity index (χ2v) is 5.34. The van der Waals surface area contributed by atoms with E-state index in [1.54, 1.807) is 0 Å². The largest absolute Gasteiger partial charge is 0.384 e. The molecule has 3 atom stereocenters. The number of amides is 1. The maximum Gasteiger partial charge on any atom is 0.252 e. The van der Waals surface area contributed by atoms with Crippen LogP contribution in [-0.2, 0) is 9.53 Å². The van der Waals surface area contributed by atoms with Crippen LogP contribution in [0.1, 0.15) is 20.8 Å². The Morgan fingerprint density at radius 2 is 1.95 bits per heavy atom. The number of benzene rings is 1. The molecule has 2 rings (SSSR count). The monoisotopic (exact) mass is 278 g/mol. The topological polar surface area (TPSA) is 61.8 Å². The molecule has 0 spiro atoms. The molecule has 110 valence electrons. The van der Waals surface area contributed by atoms with Gasteiger partial charge in [0, 0.05) is 13.1 Å². The van der Waals surface area contributed by atoms with Crippen LogP contribution in [0.5, 0.6) is 0 Å². The molecule has 1 saturated heterocycles. The zero-order valence-electron chi connectivity index (χ0n) is 12.2. The van der Waals surface area contributed by atoms with Crippen LogP contribution in [0.2, 0.25) is 0 Å². The van der Waals surface area contributed by atoms with Gasteiger partial charge in [0.2, 0.25) is 0 Å². The van der Waals surface area contributed by atoms with Gasteiger partial charge in [-0.05, 0) is 32.9 Å². The Hall–Kier alpha value is -1.59. The van der Waals surface area contributed by atoms with Gasteiger partial charge in [-0.15, -0.1) is 0 Å². The molecular weight excluding hydrogens is 256 g/mol. The van der Waals surface area contributed by atoms with Crippen LogP contribution in [0, 0.1) is 0 Å². The molecule has 5 nitrogen and oxygen atoms in total. The van der Waals surface area contributed by atoms with E-state index in [1.807, 2.05) is 38.1 Å². The van der Waals surface area contributed by atoms with Gasteiger partial charge in [-0.1, -0.05) is 12.1 Å². The normalized spacial score (nSPS) is 24.3. The number of aliphatic hydroxyl groups excluding tert-OH is 1. The predicted molar refractivity (Wildman–Crippen MR) is 79.0 cm³/mol. The molecule has 1 heterocycles. The van der Waals surface area contributed by atoms with Crippen molar-refractivity contribution < 1.29 is 14.6 Å². The molecule has 3 unspecified atom stereocenters. The molecule has 0 saturated carbocycles. The van der Waals surface area contributed by atoms with Crippen molar-refractivity contribution in [1.29, 1.82) is 0 Å². The summed E-state index contributed by atoms with van der Waals surface area (Å²) in [5.74, 6) is -0.396. The number of anilines is 2. The number of morpholine rings is 1. The van der Waals surface area contributed by atoms with Crippen LogP contribution in [0.3, 0.4) is 0 Å². The third-order valence-electron chi connectivity index (χ3n) is 3.30. The molecule has 1 amide bonds. The van der Waals surface area contributed by atoms with Gasteiger partial charge in [0.15, 0.2) is 0 Å². The zero-order valence-corrected chi connectivity index (χ0v) is 12.2. The average molecular weight is 278 g/mol. The second-order valence-electron chi connectivity index (χ2n) is 5.34. The van der Waals surface area contributed by atoms with E-state index < -0.39 is 12.0 Å². The number of ether oxygens (including phenoxy) is 1. The quantitative estimate of drug-likeness (QED) is 0.882. The summed E-state index contributed by atoms with van der Waals surface area (Å²) in [7, 11) is 0. The third kappa shape index (κ3) is 3.49. The highest BCUT2D eigenvalue weighted by molar-refractivity contribution is 5.96. The number of aliphatic hydroxyl groups is 1. The molecule has 20 heavy (non-hydrogen) atoms. The van der Waals surface area contributed by atoms with Gasteiger partial charge >= 0.3 is 0 Å². The van der Waals surface area contributed by atoms with Crippen molar-refractivity contribution in [2.45, 2.75) is 39.1 Å². The van der Waals surface area contributed by atoms with Gasteiger partial charge < -0.3 is 20.1 Å². The van der Waals surface area contributed by atoms with Gasteiger partial charge in [0.05, 0.1) is 23.6 Å². The molecule has 1 fully saturated rings. The summed E-state index contributed by atoms with van der Waals surface area (Å²) in [4.78, 5) is 13.9. The lowest BCUT2D eigenvalue weighted by atomic mass is 10.1. The number of carbonyl (C=O) groups is 1. The van der Waals surface area contributed by atoms with Crippen LogP contribution in [-0.4, -0.2) is 42.4 Å². The summed E-state index contributed by atoms with van der Waals surface area (Å²) in [5.41, 5.74) is 1.68. The molecule has 0 bridgehead atoms. The maximum absolute atomic E-state index is 11.7. The van der Waals surface area contributed by atoms with E-state index in [-0.39, 0.29) is 12.2 Å². The van der Waals surface area contributed by atoms with Crippen LogP contribution >= 0.6 is 0 Å². The minimum absolute atomic E-state index is 0.152. The maximum atomic E-state index is 11.7. The summed E-state index contributed by atoms with van der Waals surface area (Å²) in [5, 5.41) is 12.1. The third-order valence-corrected chi connectivity index (χ3v) is 3.30. The van der Waals surface area contributed by atoms with Crippen molar-refractivity contribution in [2.75, 3.05) is 23.3 Å². The first kappa shape index (κ1) is 14.8. The van der Waals surface area contributed by atoms with Crippen LogP contribution < -0.4 is 10.2 Å². The highest BCUT2D eigenvalue weighted by Gasteiger charge is 2.24. The first-order chi connectivity index (χ1) is 9.47. The fourth-order valence-electron chi connectivity index (χ4n) is 2.47. The molecule has 0 radical (unpaired) electrons. The smallest absolute Gasteiger partial charge is 0.252 e. The Balaban J connectivity index is 2.21. The van der Waals surface area contributed by atoms with Crippen molar-refractivity contribution in [3.8, 4) is 0 Å². The lowest BCUT2D eigenvalue weighted by Gasteiger charge is -2.37. The van der Waals surface area contributed by atoms with Crippen molar-refractivity contribution in [3.63, 3.8) is 0 Å². The van der Waals surface area contributed by atoms with Crippen molar-refractivity contribution in [1.82, 2.24) is 0 Å². The number of rotatable bonds is 3. The fourth-order valence-corrected chi connectivity index (χ4v) is 2.47. The lowest BCUT2D eigenvalue weighted by Crippen LogP contribution is -2.45. The number of para-hydroxylation sites is 2. The number of carbonyl (C=O) groups excluding carboxylic acids is 1. The minimum atomic E-state index is -1.02. The summed E-state index contributed by atoms with van der Waals surface area (Å²) in [6.07, 6.45) is -0.718. The van der Waals surface area contributed by atoms with Crippen LogP contribution in [0.25, 0.3) is 0 Å². The van der Waals surface area contributed by atoms with E-state index in [0.29, 0.717) is 0 Å². The summed E-state index contributed by atoms with van der Waals surface area (Å²) < 4.78 is 5.73. The molecule has 1 aliphatic heterocycles. The van der Waals surface area contributed by atoms with E-state index >= 15 is 0 Å². The van der Waals surface area contributed by atoms with Crippen molar-refractivity contribution >= 4 is 17.3 Å². The molecule has 0 aliphatic carbocycles. The van der Waals surface area contributed by atoms with Crippen LogP contribution in [0.4, 0.5) is 11.4 Å². The molecule has 5 heteroatoms. The predicted octanol–water partition coefficient (Wildman–Crippen LogP) is 1.62. The highest BCUT2D eigenvalue weighted by Crippen LogP contribution is 2.28. The molecule has 1 aliphatic rings. The van der Waals surface area contributed by atoms with E-state index in [4.69, 9.17) is 4.74 Å². The van der Waals surface area contributed by atoms with Gasteiger partial charge in [-0.2, -0.15) is 0 Å². The van der Waals surface area contributed by atoms with Crippen molar-refractivity contribution in [3.05, 3.63) is 24.3 Å². The highest BCUT2D eigenvalue weighted by atomic mass is 16.5. The minimum Gasteiger partial charge on any atom is -0.384 e. The van der Waals surface area contributed by atoms with Crippen LogP contribution in [0.15, 0.2) is 24.3 Å². The number of nitrogens with one attached hydrogen (secondary N) is 1. The first-order valence-electron chi connectivity index (χ1n) is 6.95. The lowest BCUT2D eigenvalue weighted by molar-refractivity contribution is -0.123. The second kappa shape index (κ2) is 6.24. The van der Waals surface area contributed by atoms with Gasteiger partial charge in [0.25, 0.3) is 5.91 Å². The Morgan fingerprint density at radius 3 is 2.55 bits per heavy atom. The number of hydrogen-bond acceptors (Lipinski definition) is 4. The van der Waals surface area contributed by atoms with Crippen molar-refractivity contribution in [2.24, 2.45) is 0 Å². The molecule has 0 aromatic heterocycles. The Kier molecular flexibility index (Phi) is 4.62. The van der Waals surface area contributed by atoms with Gasteiger partial charge in [-0.3, -0.25) is 4.79 Å². The SMILES string of the molecule is CC1CN(c2ccccc2NC(=O)C(C)O)CC(C)O1. The van der Waals surface area contributed by atoms with E-state index in [2.05, 4.69) is 10.2 Å².